The second-order valence-electron chi connectivity index (χ2n) is 2.95. The molecule has 0 bridgehead atoms. The maximum Gasteiger partial charge on any atom is 0.575 e. The van der Waals surface area contributed by atoms with Crippen molar-refractivity contribution < 1.29 is 22.7 Å². The highest BCUT2D eigenvalue weighted by Gasteiger charge is 2.35. The third-order valence-corrected chi connectivity index (χ3v) is 1.87. The maximum atomic E-state index is 11.8. The summed E-state index contributed by atoms with van der Waals surface area (Å²) in [6, 6.07) is 6.32. The highest BCUT2D eigenvalue weighted by molar-refractivity contribution is 6.01. The van der Waals surface area contributed by atoms with Gasteiger partial charge in [-0.05, 0) is 6.07 Å². The van der Waals surface area contributed by atoms with Crippen molar-refractivity contribution in [1.82, 2.24) is 10.2 Å². The number of rotatable bonds is 1. The third kappa shape index (κ3) is 1.97. The molecular weight excluding hydrogens is 225 g/mol. The molecule has 7 heteroatoms. The Labute approximate surface area is 87.0 Å². The summed E-state index contributed by atoms with van der Waals surface area (Å²) < 4.78 is 38.7. The molecule has 2 aromatic rings. The Kier molecular flexibility index (Phi) is 2.30. The smallest absolute Gasteiger partial charge is 0.368 e. The van der Waals surface area contributed by atoms with E-state index in [1.54, 1.807) is 18.2 Å². The van der Waals surface area contributed by atoms with Crippen LogP contribution in [0.3, 0.4) is 0 Å². The number of hydrogen-bond donors (Lipinski definition) is 1. The molecule has 0 atom stereocenters. The first-order chi connectivity index (χ1) is 7.47. The number of H-pyrrole nitrogens is 1. The van der Waals surface area contributed by atoms with Gasteiger partial charge in [-0.2, -0.15) is 5.10 Å². The van der Waals surface area contributed by atoms with Crippen molar-refractivity contribution in [2.24, 2.45) is 0 Å². The van der Waals surface area contributed by atoms with E-state index in [-0.39, 0.29) is 11.1 Å². The Balaban J connectivity index is 2.37. The van der Waals surface area contributed by atoms with Gasteiger partial charge in [0.1, 0.15) is 0 Å². The Bertz CT molecular complexity index is 533. The van der Waals surface area contributed by atoms with E-state index in [4.69, 9.17) is 0 Å². The molecule has 1 heterocycles. The van der Waals surface area contributed by atoms with Gasteiger partial charge >= 0.3 is 12.3 Å². The standard InChI is InChI=1S/C9H5F3N2O2/c10-9(11,12)16-8(15)7-5-3-1-2-4-6(5)13-14-7/h1-4H,(H,13,14). The number of fused-ring (bicyclic) bond motifs is 1. The van der Waals surface area contributed by atoms with Crippen LogP contribution in [0.25, 0.3) is 10.9 Å². The van der Waals surface area contributed by atoms with E-state index in [1.165, 1.54) is 6.07 Å². The summed E-state index contributed by atoms with van der Waals surface area (Å²) in [7, 11) is 0. The van der Waals surface area contributed by atoms with Crippen molar-refractivity contribution in [2.75, 3.05) is 0 Å². The largest absolute Gasteiger partial charge is 0.575 e. The summed E-state index contributed by atoms with van der Waals surface area (Å²) in [6.45, 7) is 0. The van der Waals surface area contributed by atoms with Crippen LogP contribution >= 0.6 is 0 Å². The highest BCUT2D eigenvalue weighted by Crippen LogP contribution is 2.21. The predicted octanol–water partition coefficient (Wildman–Crippen LogP) is 2.24. The summed E-state index contributed by atoms with van der Waals surface area (Å²) in [5.41, 5.74) is 0.0875. The molecule has 1 N–H and O–H groups in total. The zero-order valence-electron chi connectivity index (χ0n) is 7.71. The number of aromatic nitrogens is 2. The van der Waals surface area contributed by atoms with Gasteiger partial charge in [-0.25, -0.2) is 4.79 Å². The Morgan fingerprint density at radius 2 is 2.00 bits per heavy atom. The summed E-state index contributed by atoms with van der Waals surface area (Å²) in [5, 5.41) is 6.21. The first-order valence-corrected chi connectivity index (χ1v) is 4.20. The summed E-state index contributed by atoms with van der Waals surface area (Å²) in [6.07, 6.45) is -5.00. The molecule has 0 radical (unpaired) electrons. The van der Waals surface area contributed by atoms with Crippen LogP contribution < -0.4 is 0 Å². The van der Waals surface area contributed by atoms with E-state index in [0.717, 1.165) is 0 Å². The minimum absolute atomic E-state index is 0.289. The molecule has 0 saturated carbocycles. The van der Waals surface area contributed by atoms with Crippen LogP contribution in [0, 0.1) is 0 Å². The normalized spacial score (nSPS) is 11.7. The molecule has 0 aliphatic carbocycles. The number of aromatic amines is 1. The van der Waals surface area contributed by atoms with Gasteiger partial charge in [-0.1, -0.05) is 18.2 Å². The first kappa shape index (κ1) is 10.5. The van der Waals surface area contributed by atoms with E-state index < -0.39 is 12.3 Å². The number of benzene rings is 1. The summed E-state index contributed by atoms with van der Waals surface area (Å²) in [4.78, 5) is 11.1. The lowest BCUT2D eigenvalue weighted by Gasteiger charge is -2.04. The Hall–Kier alpha value is -2.05. The van der Waals surface area contributed by atoms with Gasteiger partial charge < -0.3 is 4.74 Å². The van der Waals surface area contributed by atoms with Crippen molar-refractivity contribution in [2.45, 2.75) is 6.36 Å². The molecule has 0 spiro atoms. The quantitative estimate of drug-likeness (QED) is 0.764. The van der Waals surface area contributed by atoms with Crippen LogP contribution in [-0.2, 0) is 4.74 Å². The van der Waals surface area contributed by atoms with Crippen molar-refractivity contribution in [3.05, 3.63) is 30.0 Å². The zero-order valence-corrected chi connectivity index (χ0v) is 7.71. The number of esters is 1. The van der Waals surface area contributed by atoms with Gasteiger partial charge in [0.15, 0.2) is 5.69 Å². The van der Waals surface area contributed by atoms with Gasteiger partial charge in [0, 0.05) is 5.39 Å². The second-order valence-corrected chi connectivity index (χ2v) is 2.95. The van der Waals surface area contributed by atoms with Crippen LogP contribution in [-0.4, -0.2) is 22.5 Å². The number of hydrogen-bond acceptors (Lipinski definition) is 3. The van der Waals surface area contributed by atoms with E-state index >= 15 is 0 Å². The molecule has 4 nitrogen and oxygen atoms in total. The zero-order chi connectivity index (χ0) is 11.8. The number of halogens is 3. The van der Waals surface area contributed by atoms with E-state index in [2.05, 4.69) is 14.9 Å². The van der Waals surface area contributed by atoms with Gasteiger partial charge in [0.2, 0.25) is 0 Å². The SMILES string of the molecule is O=C(OC(F)(F)F)c1n[nH]c2ccccc12. The molecule has 2 rings (SSSR count). The van der Waals surface area contributed by atoms with Gasteiger partial charge in [0.25, 0.3) is 0 Å². The Morgan fingerprint density at radius 3 is 2.69 bits per heavy atom. The molecule has 16 heavy (non-hydrogen) atoms. The molecular formula is C9H5F3N2O2. The number of carbonyl (C=O) groups is 1. The minimum Gasteiger partial charge on any atom is -0.368 e. The lowest BCUT2D eigenvalue weighted by Crippen LogP contribution is -2.19. The Morgan fingerprint density at radius 1 is 1.31 bits per heavy atom. The number of nitrogens with one attached hydrogen (secondary N) is 1. The monoisotopic (exact) mass is 230 g/mol. The van der Waals surface area contributed by atoms with Crippen LogP contribution in [0.1, 0.15) is 10.5 Å². The average molecular weight is 230 g/mol. The molecule has 0 amide bonds. The number of ether oxygens (including phenoxy) is 1. The maximum absolute atomic E-state index is 11.8. The summed E-state index contributed by atoms with van der Waals surface area (Å²) >= 11 is 0. The average Bonchev–Trinajstić information content (AvgIpc) is 2.58. The highest BCUT2D eigenvalue weighted by atomic mass is 19.4. The first-order valence-electron chi connectivity index (χ1n) is 4.20. The fraction of sp³-hybridized carbons (Fsp3) is 0.111. The van der Waals surface area contributed by atoms with Crippen molar-refractivity contribution >= 4 is 16.9 Å². The van der Waals surface area contributed by atoms with Crippen LogP contribution in [0.5, 0.6) is 0 Å². The van der Waals surface area contributed by atoms with Crippen LogP contribution in [0.2, 0.25) is 0 Å². The van der Waals surface area contributed by atoms with Crippen molar-refractivity contribution in [1.29, 1.82) is 0 Å². The lowest BCUT2D eigenvalue weighted by atomic mass is 10.2. The number of alkyl halides is 3. The molecule has 1 aromatic carbocycles. The third-order valence-electron chi connectivity index (χ3n) is 1.87. The molecule has 1 aromatic heterocycles. The van der Waals surface area contributed by atoms with Gasteiger partial charge in [0.05, 0.1) is 5.52 Å². The van der Waals surface area contributed by atoms with Crippen molar-refractivity contribution in [3.63, 3.8) is 0 Å². The summed E-state index contributed by atoms with van der Waals surface area (Å²) in [5.74, 6) is -1.52. The van der Waals surface area contributed by atoms with E-state index in [9.17, 15) is 18.0 Å². The topological polar surface area (TPSA) is 55.0 Å². The molecule has 0 unspecified atom stereocenters. The minimum atomic E-state index is -5.00. The number of carbonyl (C=O) groups excluding carboxylic acids is 1. The molecule has 0 saturated heterocycles. The molecule has 0 fully saturated rings. The number of nitrogens with zero attached hydrogens (tertiary/aromatic N) is 1. The second kappa shape index (κ2) is 3.51. The molecule has 0 aliphatic heterocycles. The molecule has 84 valence electrons. The van der Waals surface area contributed by atoms with Crippen LogP contribution in [0.4, 0.5) is 13.2 Å². The lowest BCUT2D eigenvalue weighted by molar-refractivity contribution is -0.291. The fourth-order valence-corrected chi connectivity index (χ4v) is 1.27. The number of para-hydroxylation sites is 1. The van der Waals surface area contributed by atoms with Crippen molar-refractivity contribution in [3.8, 4) is 0 Å². The predicted molar refractivity (Wildman–Crippen MR) is 47.6 cm³/mol. The van der Waals surface area contributed by atoms with Gasteiger partial charge in [-0.3, -0.25) is 5.10 Å². The fourth-order valence-electron chi connectivity index (χ4n) is 1.27. The van der Waals surface area contributed by atoms with E-state index in [1.807, 2.05) is 0 Å². The van der Waals surface area contributed by atoms with E-state index in [0.29, 0.717) is 5.52 Å². The van der Waals surface area contributed by atoms with Gasteiger partial charge in [-0.15, -0.1) is 13.2 Å². The molecule has 0 aliphatic rings. The van der Waals surface area contributed by atoms with Crippen LogP contribution in [0.15, 0.2) is 24.3 Å².